The van der Waals surface area contributed by atoms with E-state index in [2.05, 4.69) is 5.32 Å². The van der Waals surface area contributed by atoms with E-state index in [1.165, 1.54) is 0 Å². The molecule has 1 amide bonds. The van der Waals surface area contributed by atoms with Crippen LogP contribution < -0.4 is 5.32 Å². The summed E-state index contributed by atoms with van der Waals surface area (Å²) in [6, 6.07) is 1.97. The maximum absolute atomic E-state index is 11.5. The van der Waals surface area contributed by atoms with Crippen LogP contribution in [0.1, 0.15) is 20.8 Å². The van der Waals surface area contributed by atoms with Crippen LogP contribution in [0, 0.1) is 23.2 Å². The van der Waals surface area contributed by atoms with Crippen molar-refractivity contribution in [1.82, 2.24) is 5.32 Å². The molecule has 0 aliphatic rings. The van der Waals surface area contributed by atoms with Gasteiger partial charge >= 0.3 is 0 Å². The third kappa shape index (κ3) is 5.53. The van der Waals surface area contributed by atoms with Crippen molar-refractivity contribution in [1.29, 1.82) is 5.26 Å². The minimum atomic E-state index is -0.867. The standard InChI is InChI=1S/C10H18N2O2S/c1-4-15(14)6-5-12-10(13)9(7-11)8(2)3/h8-9H,4-6H2,1-3H3,(H,12,13). The molecule has 1 N–H and O–H groups in total. The highest BCUT2D eigenvalue weighted by atomic mass is 32.2. The van der Waals surface area contributed by atoms with Crippen LogP contribution in [-0.2, 0) is 15.6 Å². The van der Waals surface area contributed by atoms with Gasteiger partial charge < -0.3 is 5.32 Å². The van der Waals surface area contributed by atoms with Crippen molar-refractivity contribution in [3.8, 4) is 6.07 Å². The number of rotatable bonds is 6. The Hall–Kier alpha value is -0.890. The Labute approximate surface area is 93.5 Å². The summed E-state index contributed by atoms with van der Waals surface area (Å²) in [5.41, 5.74) is 0. The second-order valence-electron chi connectivity index (χ2n) is 3.57. The van der Waals surface area contributed by atoms with Gasteiger partial charge in [0.15, 0.2) is 0 Å². The molecule has 0 fully saturated rings. The van der Waals surface area contributed by atoms with Crippen molar-refractivity contribution in [3.63, 3.8) is 0 Å². The Morgan fingerprint density at radius 2 is 2.13 bits per heavy atom. The fourth-order valence-corrected chi connectivity index (χ4v) is 1.67. The van der Waals surface area contributed by atoms with Gasteiger partial charge in [-0.05, 0) is 5.92 Å². The lowest BCUT2D eigenvalue weighted by Gasteiger charge is -2.12. The Balaban J connectivity index is 3.93. The molecular formula is C10H18N2O2S. The van der Waals surface area contributed by atoms with E-state index < -0.39 is 16.7 Å². The summed E-state index contributed by atoms with van der Waals surface area (Å²) >= 11 is 0. The molecule has 0 saturated carbocycles. The van der Waals surface area contributed by atoms with Gasteiger partial charge in [-0.1, -0.05) is 20.8 Å². The van der Waals surface area contributed by atoms with Crippen molar-refractivity contribution < 1.29 is 9.00 Å². The fraction of sp³-hybridized carbons (Fsp3) is 0.800. The third-order valence-electron chi connectivity index (χ3n) is 2.04. The van der Waals surface area contributed by atoms with Crippen molar-refractivity contribution in [2.24, 2.45) is 11.8 Å². The number of amides is 1. The quantitative estimate of drug-likeness (QED) is 0.729. The zero-order chi connectivity index (χ0) is 11.8. The van der Waals surface area contributed by atoms with Crippen LogP contribution in [0.5, 0.6) is 0 Å². The summed E-state index contributed by atoms with van der Waals surface area (Å²) in [5, 5.41) is 11.4. The largest absolute Gasteiger partial charge is 0.354 e. The normalized spacial score (nSPS) is 14.3. The molecule has 2 unspecified atom stereocenters. The molecule has 86 valence electrons. The summed E-state index contributed by atoms with van der Waals surface area (Å²) in [5.74, 6) is 0.188. The minimum Gasteiger partial charge on any atom is -0.354 e. The summed E-state index contributed by atoms with van der Waals surface area (Å²) in [4.78, 5) is 11.5. The number of nitriles is 1. The number of nitrogens with one attached hydrogen (secondary N) is 1. The van der Waals surface area contributed by atoms with Gasteiger partial charge in [0.1, 0.15) is 5.92 Å². The Morgan fingerprint density at radius 3 is 2.53 bits per heavy atom. The van der Waals surface area contributed by atoms with Gasteiger partial charge in [-0.2, -0.15) is 5.26 Å². The van der Waals surface area contributed by atoms with E-state index in [1.54, 1.807) is 0 Å². The summed E-state index contributed by atoms with van der Waals surface area (Å²) in [6.45, 7) is 5.88. The van der Waals surface area contributed by atoms with Gasteiger partial charge in [-0.3, -0.25) is 9.00 Å². The van der Waals surface area contributed by atoms with Crippen LogP contribution >= 0.6 is 0 Å². The van der Waals surface area contributed by atoms with Gasteiger partial charge in [0.25, 0.3) is 0 Å². The Kier molecular flexibility index (Phi) is 6.97. The predicted octanol–water partition coefficient (Wildman–Crippen LogP) is 0.667. The molecule has 2 atom stereocenters. The molecule has 0 aliphatic carbocycles. The van der Waals surface area contributed by atoms with Gasteiger partial charge in [0.2, 0.25) is 5.91 Å². The molecule has 0 aromatic heterocycles. The van der Waals surface area contributed by atoms with Crippen LogP contribution in [0.3, 0.4) is 0 Å². The zero-order valence-corrected chi connectivity index (χ0v) is 10.3. The van der Waals surface area contributed by atoms with Crippen molar-refractivity contribution in [2.45, 2.75) is 20.8 Å². The predicted molar refractivity (Wildman–Crippen MR) is 60.5 cm³/mol. The van der Waals surface area contributed by atoms with E-state index in [0.29, 0.717) is 18.1 Å². The van der Waals surface area contributed by atoms with Gasteiger partial charge in [0.05, 0.1) is 6.07 Å². The molecule has 0 rings (SSSR count). The number of carbonyl (C=O) groups is 1. The first kappa shape index (κ1) is 14.1. The highest BCUT2D eigenvalue weighted by molar-refractivity contribution is 7.84. The minimum absolute atomic E-state index is 0.00618. The number of hydrogen-bond acceptors (Lipinski definition) is 3. The van der Waals surface area contributed by atoms with E-state index in [9.17, 15) is 9.00 Å². The average Bonchev–Trinajstić information content (AvgIpc) is 2.17. The number of nitrogens with zero attached hydrogens (tertiary/aromatic N) is 1. The maximum atomic E-state index is 11.5. The molecule has 0 bridgehead atoms. The number of carbonyl (C=O) groups excluding carboxylic acids is 1. The smallest absolute Gasteiger partial charge is 0.237 e. The first-order valence-electron chi connectivity index (χ1n) is 5.05. The Morgan fingerprint density at radius 1 is 1.53 bits per heavy atom. The SMILES string of the molecule is CCS(=O)CCNC(=O)C(C#N)C(C)C. The second kappa shape index (κ2) is 7.41. The molecule has 0 spiro atoms. The van der Waals surface area contributed by atoms with Crippen LogP contribution in [0.25, 0.3) is 0 Å². The molecule has 0 saturated heterocycles. The van der Waals surface area contributed by atoms with Gasteiger partial charge in [-0.15, -0.1) is 0 Å². The zero-order valence-electron chi connectivity index (χ0n) is 9.45. The van der Waals surface area contributed by atoms with E-state index in [1.807, 2.05) is 26.8 Å². The lowest BCUT2D eigenvalue weighted by atomic mass is 9.97. The van der Waals surface area contributed by atoms with E-state index in [0.717, 1.165) is 0 Å². The first-order chi connectivity index (χ1) is 7.02. The van der Waals surface area contributed by atoms with Crippen LogP contribution in [0.15, 0.2) is 0 Å². The molecule has 5 heteroatoms. The summed E-state index contributed by atoms with van der Waals surface area (Å²) in [6.07, 6.45) is 0. The molecule has 15 heavy (non-hydrogen) atoms. The van der Waals surface area contributed by atoms with Crippen LogP contribution in [0.2, 0.25) is 0 Å². The first-order valence-corrected chi connectivity index (χ1v) is 6.54. The van der Waals surface area contributed by atoms with Crippen molar-refractivity contribution in [2.75, 3.05) is 18.1 Å². The number of hydrogen-bond donors (Lipinski definition) is 1. The lowest BCUT2D eigenvalue weighted by Crippen LogP contribution is -2.35. The molecule has 0 aliphatic heterocycles. The van der Waals surface area contributed by atoms with E-state index in [4.69, 9.17) is 5.26 Å². The average molecular weight is 230 g/mol. The monoisotopic (exact) mass is 230 g/mol. The Bertz CT molecular complexity index is 271. The van der Waals surface area contributed by atoms with Crippen LogP contribution in [-0.4, -0.2) is 28.2 Å². The van der Waals surface area contributed by atoms with Crippen molar-refractivity contribution in [3.05, 3.63) is 0 Å². The molecule has 0 heterocycles. The van der Waals surface area contributed by atoms with Gasteiger partial charge in [-0.25, -0.2) is 0 Å². The van der Waals surface area contributed by atoms with Gasteiger partial charge in [0, 0.05) is 28.9 Å². The summed E-state index contributed by atoms with van der Waals surface area (Å²) < 4.78 is 11.1. The molecule has 0 aromatic carbocycles. The topological polar surface area (TPSA) is 70.0 Å². The molecule has 4 nitrogen and oxygen atoms in total. The second-order valence-corrected chi connectivity index (χ2v) is 5.44. The van der Waals surface area contributed by atoms with E-state index >= 15 is 0 Å². The van der Waals surface area contributed by atoms with Crippen LogP contribution in [0.4, 0.5) is 0 Å². The third-order valence-corrected chi connectivity index (χ3v) is 3.34. The maximum Gasteiger partial charge on any atom is 0.237 e. The fourth-order valence-electron chi connectivity index (χ4n) is 1.05. The lowest BCUT2D eigenvalue weighted by molar-refractivity contribution is -0.124. The highest BCUT2D eigenvalue weighted by Crippen LogP contribution is 2.08. The van der Waals surface area contributed by atoms with E-state index in [-0.39, 0.29) is 11.8 Å². The molecule has 0 aromatic rings. The summed E-state index contributed by atoms with van der Waals surface area (Å²) in [7, 11) is -0.867. The molecular weight excluding hydrogens is 212 g/mol. The van der Waals surface area contributed by atoms with Crippen molar-refractivity contribution >= 4 is 16.7 Å². The highest BCUT2D eigenvalue weighted by Gasteiger charge is 2.20. The molecule has 0 radical (unpaired) electrons.